The molecule has 0 radical (unpaired) electrons. The highest BCUT2D eigenvalue weighted by molar-refractivity contribution is 6.16. The molecule has 18 heavy (non-hydrogen) atoms. The minimum absolute atomic E-state index is 0.394. The standard InChI is InChI=1S/C13H15ClN4/c1-18(9-7-11-4-2-3-8-15-11)13-6-5-12(10-14)16-17-13/h2-6,8H,7,9-10H2,1H3. The van der Waals surface area contributed by atoms with Gasteiger partial charge < -0.3 is 4.90 Å². The molecule has 2 rings (SSSR count). The first kappa shape index (κ1) is 12.8. The summed E-state index contributed by atoms with van der Waals surface area (Å²) in [6.07, 6.45) is 2.70. The smallest absolute Gasteiger partial charge is 0.150 e. The van der Waals surface area contributed by atoms with E-state index in [2.05, 4.69) is 20.1 Å². The number of hydrogen-bond donors (Lipinski definition) is 0. The van der Waals surface area contributed by atoms with Crippen LogP contribution in [0.2, 0.25) is 0 Å². The van der Waals surface area contributed by atoms with Gasteiger partial charge in [-0.05, 0) is 24.3 Å². The van der Waals surface area contributed by atoms with Gasteiger partial charge in [-0.2, -0.15) is 5.10 Å². The maximum atomic E-state index is 5.68. The number of halogens is 1. The Morgan fingerprint density at radius 1 is 1.11 bits per heavy atom. The Hall–Kier alpha value is -1.68. The topological polar surface area (TPSA) is 41.9 Å². The molecular formula is C13H15ClN4. The molecule has 2 aromatic heterocycles. The summed E-state index contributed by atoms with van der Waals surface area (Å²) in [5.74, 6) is 1.24. The van der Waals surface area contributed by atoms with Crippen LogP contribution in [0.3, 0.4) is 0 Å². The van der Waals surface area contributed by atoms with Gasteiger partial charge in [0.1, 0.15) is 0 Å². The normalized spacial score (nSPS) is 10.3. The van der Waals surface area contributed by atoms with Gasteiger partial charge in [-0.1, -0.05) is 6.07 Å². The first-order valence-electron chi connectivity index (χ1n) is 5.79. The molecule has 0 N–H and O–H groups in total. The molecule has 0 aliphatic heterocycles. The fourth-order valence-corrected chi connectivity index (χ4v) is 1.71. The maximum absolute atomic E-state index is 5.68. The molecular weight excluding hydrogens is 248 g/mol. The summed E-state index contributed by atoms with van der Waals surface area (Å²) in [5, 5.41) is 8.17. The van der Waals surface area contributed by atoms with Crippen molar-refractivity contribution in [2.24, 2.45) is 0 Å². The molecule has 5 heteroatoms. The lowest BCUT2D eigenvalue weighted by molar-refractivity contribution is 0.817. The number of nitrogens with zero attached hydrogens (tertiary/aromatic N) is 4. The zero-order valence-corrected chi connectivity index (χ0v) is 11.0. The second-order valence-electron chi connectivity index (χ2n) is 4.01. The minimum atomic E-state index is 0.394. The van der Waals surface area contributed by atoms with Crippen LogP contribution in [0.15, 0.2) is 36.5 Å². The molecule has 94 valence electrons. The van der Waals surface area contributed by atoms with Crippen molar-refractivity contribution in [3.05, 3.63) is 47.9 Å². The molecule has 2 aromatic rings. The number of rotatable bonds is 5. The first-order chi connectivity index (χ1) is 8.79. The second kappa shape index (κ2) is 6.31. The molecule has 0 atom stereocenters. The number of likely N-dealkylation sites (N-methyl/N-ethyl adjacent to an activating group) is 1. The van der Waals surface area contributed by atoms with E-state index in [4.69, 9.17) is 11.6 Å². The molecule has 0 bridgehead atoms. The Morgan fingerprint density at radius 2 is 2.00 bits per heavy atom. The Bertz CT molecular complexity index is 472. The van der Waals surface area contributed by atoms with Crippen LogP contribution in [0, 0.1) is 0 Å². The average molecular weight is 263 g/mol. The molecule has 4 nitrogen and oxygen atoms in total. The molecule has 0 fully saturated rings. The van der Waals surface area contributed by atoms with Crippen molar-refractivity contribution in [1.82, 2.24) is 15.2 Å². The van der Waals surface area contributed by atoms with Crippen LogP contribution in [0.4, 0.5) is 5.82 Å². The van der Waals surface area contributed by atoms with E-state index in [9.17, 15) is 0 Å². The predicted octanol–water partition coefficient (Wildman–Crippen LogP) is 2.29. The van der Waals surface area contributed by atoms with Crippen LogP contribution in [0.5, 0.6) is 0 Å². The highest BCUT2D eigenvalue weighted by Crippen LogP contribution is 2.09. The van der Waals surface area contributed by atoms with Crippen molar-refractivity contribution in [3.8, 4) is 0 Å². The third kappa shape index (κ3) is 3.40. The van der Waals surface area contributed by atoms with Crippen molar-refractivity contribution >= 4 is 17.4 Å². The molecule has 0 amide bonds. The van der Waals surface area contributed by atoms with Gasteiger partial charge in [0.25, 0.3) is 0 Å². The Balaban J connectivity index is 1.93. The number of alkyl halides is 1. The Kier molecular flexibility index (Phi) is 4.47. The zero-order valence-electron chi connectivity index (χ0n) is 10.3. The average Bonchev–Trinajstić information content (AvgIpc) is 2.46. The molecule has 0 saturated carbocycles. The molecule has 0 aliphatic rings. The Labute approximate surface area is 112 Å². The monoisotopic (exact) mass is 262 g/mol. The summed E-state index contributed by atoms with van der Waals surface area (Å²) in [7, 11) is 1.99. The first-order valence-corrected chi connectivity index (χ1v) is 6.32. The molecule has 0 unspecified atom stereocenters. The lowest BCUT2D eigenvalue weighted by atomic mass is 10.2. The fourth-order valence-electron chi connectivity index (χ4n) is 1.57. The Morgan fingerprint density at radius 3 is 2.61 bits per heavy atom. The predicted molar refractivity (Wildman–Crippen MR) is 72.8 cm³/mol. The van der Waals surface area contributed by atoms with Gasteiger partial charge in [-0.25, -0.2) is 0 Å². The van der Waals surface area contributed by atoms with E-state index in [1.54, 1.807) is 0 Å². The van der Waals surface area contributed by atoms with E-state index in [1.807, 2.05) is 43.6 Å². The number of aromatic nitrogens is 3. The van der Waals surface area contributed by atoms with E-state index in [-0.39, 0.29) is 0 Å². The van der Waals surface area contributed by atoms with E-state index in [1.165, 1.54) is 0 Å². The van der Waals surface area contributed by atoms with Gasteiger partial charge in [0.15, 0.2) is 5.82 Å². The highest BCUT2D eigenvalue weighted by atomic mass is 35.5. The quantitative estimate of drug-likeness (QED) is 0.776. The van der Waals surface area contributed by atoms with Crippen molar-refractivity contribution < 1.29 is 0 Å². The molecule has 2 heterocycles. The SMILES string of the molecule is CN(CCc1ccccn1)c1ccc(CCl)nn1. The largest absolute Gasteiger partial charge is 0.358 e. The lowest BCUT2D eigenvalue weighted by Gasteiger charge is -2.17. The van der Waals surface area contributed by atoms with Crippen molar-refractivity contribution in [2.75, 3.05) is 18.5 Å². The summed E-state index contributed by atoms with van der Waals surface area (Å²) >= 11 is 5.68. The second-order valence-corrected chi connectivity index (χ2v) is 4.28. The number of hydrogen-bond acceptors (Lipinski definition) is 4. The number of pyridine rings is 1. The van der Waals surface area contributed by atoms with Crippen LogP contribution < -0.4 is 4.90 Å². The summed E-state index contributed by atoms with van der Waals surface area (Å²) in [6, 6.07) is 9.77. The van der Waals surface area contributed by atoms with Crippen LogP contribution in [0.1, 0.15) is 11.4 Å². The maximum Gasteiger partial charge on any atom is 0.150 e. The lowest BCUT2D eigenvalue weighted by Crippen LogP contribution is -2.22. The van der Waals surface area contributed by atoms with E-state index in [0.29, 0.717) is 5.88 Å². The van der Waals surface area contributed by atoms with Crippen LogP contribution in [0.25, 0.3) is 0 Å². The molecule has 0 saturated heterocycles. The summed E-state index contributed by atoms with van der Waals surface area (Å²) < 4.78 is 0. The van der Waals surface area contributed by atoms with Gasteiger partial charge in [0.05, 0.1) is 11.6 Å². The third-order valence-corrected chi connectivity index (χ3v) is 2.94. The summed E-state index contributed by atoms with van der Waals surface area (Å²) in [6.45, 7) is 0.853. The van der Waals surface area contributed by atoms with Gasteiger partial charge in [-0.3, -0.25) is 4.98 Å². The zero-order chi connectivity index (χ0) is 12.8. The fraction of sp³-hybridized carbons (Fsp3) is 0.308. The third-order valence-electron chi connectivity index (χ3n) is 2.66. The van der Waals surface area contributed by atoms with E-state index in [0.717, 1.165) is 30.2 Å². The number of anilines is 1. The molecule has 0 aliphatic carbocycles. The van der Waals surface area contributed by atoms with Crippen molar-refractivity contribution in [2.45, 2.75) is 12.3 Å². The summed E-state index contributed by atoms with van der Waals surface area (Å²) in [4.78, 5) is 6.35. The van der Waals surface area contributed by atoms with E-state index >= 15 is 0 Å². The van der Waals surface area contributed by atoms with Gasteiger partial charge in [0, 0.05) is 31.9 Å². The summed E-state index contributed by atoms with van der Waals surface area (Å²) in [5.41, 5.74) is 1.87. The highest BCUT2D eigenvalue weighted by Gasteiger charge is 2.04. The van der Waals surface area contributed by atoms with Gasteiger partial charge in [-0.15, -0.1) is 16.7 Å². The molecule has 0 aromatic carbocycles. The molecule has 0 spiro atoms. The van der Waals surface area contributed by atoms with Gasteiger partial charge >= 0.3 is 0 Å². The van der Waals surface area contributed by atoms with Crippen LogP contribution in [-0.2, 0) is 12.3 Å². The minimum Gasteiger partial charge on any atom is -0.358 e. The van der Waals surface area contributed by atoms with Gasteiger partial charge in [0.2, 0.25) is 0 Å². The van der Waals surface area contributed by atoms with Crippen molar-refractivity contribution in [1.29, 1.82) is 0 Å². The van der Waals surface area contributed by atoms with Crippen LogP contribution in [-0.4, -0.2) is 28.8 Å². The van der Waals surface area contributed by atoms with Crippen LogP contribution >= 0.6 is 11.6 Å². The van der Waals surface area contributed by atoms with Crippen molar-refractivity contribution in [3.63, 3.8) is 0 Å². The van der Waals surface area contributed by atoms with E-state index < -0.39 is 0 Å².